The molecule has 2 N–H and O–H groups in total. The van der Waals surface area contributed by atoms with Crippen molar-refractivity contribution in [2.24, 2.45) is 0 Å². The number of pyridine rings is 1. The average Bonchev–Trinajstić information content (AvgIpc) is 3.39. The van der Waals surface area contributed by atoms with Gasteiger partial charge in [-0.3, -0.25) is 14.0 Å². The van der Waals surface area contributed by atoms with E-state index in [0.717, 1.165) is 12.8 Å². The fourth-order valence-corrected chi connectivity index (χ4v) is 3.36. The Balaban J connectivity index is 1.52. The van der Waals surface area contributed by atoms with E-state index >= 15 is 0 Å². The monoisotopic (exact) mass is 396 g/mol. The quantitative estimate of drug-likeness (QED) is 0.670. The average molecular weight is 396 g/mol. The number of halogens is 1. The van der Waals surface area contributed by atoms with E-state index in [4.69, 9.17) is 4.74 Å². The molecule has 3 heterocycles. The summed E-state index contributed by atoms with van der Waals surface area (Å²) in [4.78, 5) is 29.6. The van der Waals surface area contributed by atoms with Crippen molar-refractivity contribution in [2.45, 2.75) is 25.5 Å². The summed E-state index contributed by atoms with van der Waals surface area (Å²) in [6.07, 6.45) is 3.58. The Hall–Kier alpha value is -3.26. The molecule has 1 fully saturated rings. The van der Waals surface area contributed by atoms with Crippen molar-refractivity contribution in [2.75, 3.05) is 13.2 Å². The van der Waals surface area contributed by atoms with Crippen LogP contribution in [0.5, 0.6) is 0 Å². The van der Waals surface area contributed by atoms with Gasteiger partial charge in [-0.1, -0.05) is 24.3 Å². The van der Waals surface area contributed by atoms with Crippen LogP contribution in [0.3, 0.4) is 0 Å². The van der Waals surface area contributed by atoms with Crippen LogP contribution < -0.4 is 10.6 Å². The fourth-order valence-electron chi connectivity index (χ4n) is 3.36. The van der Waals surface area contributed by atoms with Gasteiger partial charge < -0.3 is 15.4 Å². The van der Waals surface area contributed by atoms with Crippen LogP contribution in [0.4, 0.5) is 4.39 Å². The number of benzene rings is 1. The number of rotatable bonds is 6. The van der Waals surface area contributed by atoms with Crippen LogP contribution in [0.25, 0.3) is 5.52 Å². The van der Waals surface area contributed by atoms with Gasteiger partial charge in [0.1, 0.15) is 5.82 Å². The molecule has 4 rings (SSSR count). The van der Waals surface area contributed by atoms with Crippen molar-refractivity contribution in [3.8, 4) is 0 Å². The molecule has 8 heteroatoms. The van der Waals surface area contributed by atoms with Crippen molar-refractivity contribution in [1.29, 1.82) is 0 Å². The Kier molecular flexibility index (Phi) is 5.53. The maximum Gasteiger partial charge on any atom is 0.287 e. The summed E-state index contributed by atoms with van der Waals surface area (Å²) in [6.45, 7) is 1.13. The molecule has 0 radical (unpaired) electrons. The third-order valence-corrected chi connectivity index (χ3v) is 4.88. The minimum absolute atomic E-state index is 0.00807. The fraction of sp³-hybridized carbons (Fsp3) is 0.286. The highest BCUT2D eigenvalue weighted by Crippen LogP contribution is 2.15. The van der Waals surface area contributed by atoms with E-state index in [0.29, 0.717) is 24.2 Å². The molecule has 2 aromatic heterocycles. The van der Waals surface area contributed by atoms with Crippen LogP contribution in [0.2, 0.25) is 0 Å². The molecule has 1 aliphatic rings. The molecular formula is C21H21FN4O3. The van der Waals surface area contributed by atoms with Gasteiger partial charge in [-0.25, -0.2) is 9.37 Å². The molecule has 1 unspecified atom stereocenters. The van der Waals surface area contributed by atoms with Crippen LogP contribution >= 0.6 is 0 Å². The number of hydrogen-bond donors (Lipinski definition) is 2. The van der Waals surface area contributed by atoms with E-state index in [9.17, 15) is 14.0 Å². The van der Waals surface area contributed by atoms with E-state index < -0.39 is 11.7 Å². The first kappa shape index (κ1) is 19.1. The molecular weight excluding hydrogens is 375 g/mol. The number of ether oxygens (including phenoxy) is 1. The van der Waals surface area contributed by atoms with E-state index in [1.807, 2.05) is 0 Å². The summed E-state index contributed by atoms with van der Waals surface area (Å²) in [7, 11) is 0. The Morgan fingerprint density at radius 1 is 1.14 bits per heavy atom. The summed E-state index contributed by atoms with van der Waals surface area (Å²) in [5, 5.41) is 5.49. The van der Waals surface area contributed by atoms with Crippen LogP contribution in [0.15, 0.2) is 48.7 Å². The lowest BCUT2D eigenvalue weighted by molar-refractivity contribution is 0.0848. The first-order chi connectivity index (χ1) is 14.1. The summed E-state index contributed by atoms with van der Waals surface area (Å²) in [5.74, 6) is -1.13. The van der Waals surface area contributed by atoms with Crippen LogP contribution in [0, 0.1) is 5.82 Å². The van der Waals surface area contributed by atoms with Gasteiger partial charge in [0.05, 0.1) is 11.6 Å². The maximum absolute atomic E-state index is 13.8. The highest BCUT2D eigenvalue weighted by atomic mass is 19.1. The van der Waals surface area contributed by atoms with Gasteiger partial charge in [0.15, 0.2) is 5.69 Å². The zero-order valence-electron chi connectivity index (χ0n) is 15.7. The van der Waals surface area contributed by atoms with Crippen LogP contribution in [0.1, 0.15) is 39.5 Å². The molecule has 1 aliphatic heterocycles. The Labute approximate surface area is 166 Å². The van der Waals surface area contributed by atoms with Crippen molar-refractivity contribution in [3.05, 3.63) is 71.6 Å². The molecule has 0 spiro atoms. The van der Waals surface area contributed by atoms with Gasteiger partial charge in [-0.05, 0) is 31.0 Å². The SMILES string of the molecule is O=C(NCc1ccccc1F)c1nc(C(=O)NCC2CCCO2)n2ccccc12. The van der Waals surface area contributed by atoms with Gasteiger partial charge in [0.25, 0.3) is 11.8 Å². The second-order valence-electron chi connectivity index (χ2n) is 6.86. The van der Waals surface area contributed by atoms with E-state index in [2.05, 4.69) is 15.6 Å². The molecule has 0 bridgehead atoms. The van der Waals surface area contributed by atoms with Gasteiger partial charge in [0.2, 0.25) is 5.82 Å². The molecule has 2 amide bonds. The predicted molar refractivity (Wildman–Crippen MR) is 104 cm³/mol. The Morgan fingerprint density at radius 2 is 1.97 bits per heavy atom. The topological polar surface area (TPSA) is 84.7 Å². The van der Waals surface area contributed by atoms with Gasteiger partial charge in [0, 0.05) is 31.5 Å². The highest BCUT2D eigenvalue weighted by molar-refractivity contribution is 6.02. The number of carbonyl (C=O) groups excluding carboxylic acids is 2. The Morgan fingerprint density at radius 3 is 2.76 bits per heavy atom. The standard InChI is InChI=1S/C21H21FN4O3/c22-16-8-2-1-6-14(16)12-23-20(27)18-17-9-3-4-10-26(17)19(25-18)21(28)24-13-15-7-5-11-29-15/h1-4,6,8-10,15H,5,7,11-13H2,(H,23,27)(H,24,28). The lowest BCUT2D eigenvalue weighted by Gasteiger charge is -2.10. The molecule has 0 aliphatic carbocycles. The van der Waals surface area contributed by atoms with Crippen LogP contribution in [-0.4, -0.2) is 40.5 Å². The summed E-state index contributed by atoms with van der Waals surface area (Å²) >= 11 is 0. The number of amides is 2. The molecule has 1 saturated heterocycles. The van der Waals surface area contributed by atoms with Crippen molar-refractivity contribution < 1.29 is 18.7 Å². The number of carbonyl (C=O) groups is 2. The number of imidazole rings is 1. The smallest absolute Gasteiger partial charge is 0.287 e. The van der Waals surface area contributed by atoms with Crippen molar-refractivity contribution in [1.82, 2.24) is 20.0 Å². The molecule has 0 saturated carbocycles. The summed E-state index contributed by atoms with van der Waals surface area (Å²) < 4.78 is 20.9. The van der Waals surface area contributed by atoms with Gasteiger partial charge >= 0.3 is 0 Å². The number of hydrogen-bond acceptors (Lipinski definition) is 4. The van der Waals surface area contributed by atoms with Crippen LogP contribution in [-0.2, 0) is 11.3 Å². The van der Waals surface area contributed by atoms with E-state index in [1.54, 1.807) is 47.0 Å². The third-order valence-electron chi connectivity index (χ3n) is 4.88. The second-order valence-corrected chi connectivity index (χ2v) is 6.86. The number of nitrogens with zero attached hydrogens (tertiary/aromatic N) is 2. The summed E-state index contributed by atoms with van der Waals surface area (Å²) in [5.41, 5.74) is 0.990. The number of aromatic nitrogens is 2. The third kappa shape index (κ3) is 4.12. The lowest BCUT2D eigenvalue weighted by atomic mass is 10.2. The minimum Gasteiger partial charge on any atom is -0.376 e. The minimum atomic E-state index is -0.477. The normalized spacial score (nSPS) is 16.1. The molecule has 7 nitrogen and oxygen atoms in total. The zero-order chi connectivity index (χ0) is 20.2. The molecule has 3 aromatic rings. The largest absolute Gasteiger partial charge is 0.376 e. The van der Waals surface area contributed by atoms with Gasteiger partial charge in [-0.2, -0.15) is 0 Å². The first-order valence-electron chi connectivity index (χ1n) is 9.52. The predicted octanol–water partition coefficient (Wildman–Crippen LogP) is 2.31. The Bertz CT molecular complexity index is 1040. The van der Waals surface area contributed by atoms with Gasteiger partial charge in [-0.15, -0.1) is 0 Å². The molecule has 1 atom stereocenters. The number of nitrogens with one attached hydrogen (secondary N) is 2. The second kappa shape index (κ2) is 8.40. The lowest BCUT2D eigenvalue weighted by Crippen LogP contribution is -2.33. The van der Waals surface area contributed by atoms with Crippen molar-refractivity contribution in [3.63, 3.8) is 0 Å². The van der Waals surface area contributed by atoms with E-state index in [1.165, 1.54) is 6.07 Å². The molecule has 150 valence electrons. The highest BCUT2D eigenvalue weighted by Gasteiger charge is 2.23. The maximum atomic E-state index is 13.8. The zero-order valence-corrected chi connectivity index (χ0v) is 15.7. The first-order valence-corrected chi connectivity index (χ1v) is 9.52. The van der Waals surface area contributed by atoms with E-state index in [-0.39, 0.29) is 30.1 Å². The summed E-state index contributed by atoms with van der Waals surface area (Å²) in [6, 6.07) is 11.5. The number of fused-ring (bicyclic) bond motifs is 1. The van der Waals surface area contributed by atoms with Crippen molar-refractivity contribution >= 4 is 17.3 Å². The molecule has 29 heavy (non-hydrogen) atoms. The molecule has 1 aromatic carbocycles.